The average Bonchev–Trinajstić information content (AvgIpc) is 2.86. The van der Waals surface area contributed by atoms with Crippen LogP contribution in [0.4, 0.5) is 5.82 Å². The highest BCUT2D eigenvalue weighted by atomic mass is 35.5. The summed E-state index contributed by atoms with van der Waals surface area (Å²) < 4.78 is 11.2. The Morgan fingerprint density at radius 1 is 1.12 bits per heavy atom. The van der Waals surface area contributed by atoms with Gasteiger partial charge in [-0.1, -0.05) is 41.6 Å². The molecule has 1 aliphatic rings. The molecule has 0 unspecified atom stereocenters. The summed E-state index contributed by atoms with van der Waals surface area (Å²) in [6.45, 7) is 6.51. The lowest BCUT2D eigenvalue weighted by Crippen LogP contribution is -2.38. The molecule has 4 rings (SSSR count). The fraction of sp³-hybridized carbons (Fsp3) is 0.259. The SMILES string of the molecule is Cc1cc(C#Cc2ccccc2)cnc1NC(=O)c1cc(OCCN2CCOCC2)ccc1Cl. The van der Waals surface area contributed by atoms with Gasteiger partial charge in [0.05, 0.1) is 23.8 Å². The molecule has 1 fully saturated rings. The van der Waals surface area contributed by atoms with Gasteiger partial charge in [0.25, 0.3) is 5.91 Å². The third kappa shape index (κ3) is 6.58. The first-order valence-electron chi connectivity index (χ1n) is 11.2. The second kappa shape index (κ2) is 11.7. The molecule has 1 saturated heterocycles. The summed E-state index contributed by atoms with van der Waals surface area (Å²) >= 11 is 6.30. The minimum absolute atomic E-state index is 0.333. The van der Waals surface area contributed by atoms with Gasteiger partial charge in [-0.2, -0.15) is 0 Å². The maximum absolute atomic E-state index is 12.9. The topological polar surface area (TPSA) is 63.7 Å². The molecule has 6 nitrogen and oxygen atoms in total. The van der Waals surface area contributed by atoms with Crippen molar-refractivity contribution in [2.75, 3.05) is 44.8 Å². The number of nitrogens with one attached hydrogen (secondary N) is 1. The molecule has 0 aliphatic carbocycles. The van der Waals surface area contributed by atoms with E-state index in [-0.39, 0.29) is 5.91 Å². The van der Waals surface area contributed by atoms with Crippen molar-refractivity contribution in [3.8, 4) is 17.6 Å². The van der Waals surface area contributed by atoms with Crippen LogP contribution in [0.25, 0.3) is 0 Å². The van der Waals surface area contributed by atoms with E-state index in [1.807, 2.05) is 43.3 Å². The van der Waals surface area contributed by atoms with Gasteiger partial charge in [0, 0.05) is 37.0 Å². The quantitative estimate of drug-likeness (QED) is 0.535. The van der Waals surface area contributed by atoms with Gasteiger partial charge in [-0.05, 0) is 48.9 Å². The van der Waals surface area contributed by atoms with Gasteiger partial charge in [-0.15, -0.1) is 0 Å². The van der Waals surface area contributed by atoms with Crippen molar-refractivity contribution in [2.24, 2.45) is 0 Å². The van der Waals surface area contributed by atoms with Crippen molar-refractivity contribution < 1.29 is 14.3 Å². The van der Waals surface area contributed by atoms with Crippen molar-refractivity contribution in [1.82, 2.24) is 9.88 Å². The molecule has 0 atom stereocenters. The summed E-state index contributed by atoms with van der Waals surface area (Å²) in [4.78, 5) is 19.6. The van der Waals surface area contributed by atoms with E-state index in [1.54, 1.807) is 24.4 Å². The second-order valence-corrected chi connectivity index (χ2v) is 8.31. The Morgan fingerprint density at radius 3 is 2.65 bits per heavy atom. The van der Waals surface area contributed by atoms with Crippen molar-refractivity contribution in [3.63, 3.8) is 0 Å². The highest BCUT2D eigenvalue weighted by Crippen LogP contribution is 2.24. The Labute approximate surface area is 204 Å². The summed E-state index contributed by atoms with van der Waals surface area (Å²) in [6, 6.07) is 16.7. The van der Waals surface area contributed by atoms with Crippen LogP contribution in [-0.4, -0.2) is 55.2 Å². The Hall–Kier alpha value is -3.37. The summed E-state index contributed by atoms with van der Waals surface area (Å²) in [5, 5.41) is 3.19. The molecular weight excluding hydrogens is 450 g/mol. The Morgan fingerprint density at radius 2 is 1.88 bits per heavy atom. The maximum atomic E-state index is 12.9. The van der Waals surface area contributed by atoms with Crippen LogP contribution >= 0.6 is 11.6 Å². The van der Waals surface area contributed by atoms with E-state index >= 15 is 0 Å². The molecule has 1 aliphatic heterocycles. The van der Waals surface area contributed by atoms with Crippen molar-refractivity contribution in [1.29, 1.82) is 0 Å². The number of carbonyl (C=O) groups excluding carboxylic acids is 1. The van der Waals surface area contributed by atoms with Crippen molar-refractivity contribution in [2.45, 2.75) is 6.92 Å². The predicted octanol–water partition coefficient (Wildman–Crippen LogP) is 4.41. The van der Waals surface area contributed by atoms with Crippen LogP contribution in [-0.2, 0) is 4.74 Å². The van der Waals surface area contributed by atoms with E-state index in [1.165, 1.54) is 0 Å². The molecule has 0 radical (unpaired) electrons. The number of aromatic nitrogens is 1. The average molecular weight is 476 g/mol. The summed E-state index contributed by atoms with van der Waals surface area (Å²) in [7, 11) is 0. The highest BCUT2D eigenvalue weighted by molar-refractivity contribution is 6.34. The molecular formula is C27H26ClN3O3. The number of amides is 1. The lowest BCUT2D eigenvalue weighted by Gasteiger charge is -2.26. The zero-order valence-electron chi connectivity index (χ0n) is 19.0. The number of hydrogen-bond acceptors (Lipinski definition) is 5. The predicted molar refractivity (Wildman–Crippen MR) is 134 cm³/mol. The molecule has 2 aromatic carbocycles. The molecule has 0 spiro atoms. The molecule has 1 aromatic heterocycles. The number of morpholine rings is 1. The molecule has 7 heteroatoms. The minimum atomic E-state index is -0.345. The lowest BCUT2D eigenvalue weighted by atomic mass is 10.1. The molecule has 1 amide bonds. The van der Waals surface area contributed by atoms with Crippen LogP contribution in [0.3, 0.4) is 0 Å². The zero-order chi connectivity index (χ0) is 23.8. The monoisotopic (exact) mass is 475 g/mol. The van der Waals surface area contributed by atoms with Crippen LogP contribution in [0.5, 0.6) is 5.75 Å². The smallest absolute Gasteiger partial charge is 0.258 e. The van der Waals surface area contributed by atoms with E-state index in [2.05, 4.69) is 27.0 Å². The van der Waals surface area contributed by atoms with Gasteiger partial charge in [-0.25, -0.2) is 4.98 Å². The summed E-state index contributed by atoms with van der Waals surface area (Å²) in [5.74, 6) is 6.92. The lowest BCUT2D eigenvalue weighted by molar-refractivity contribution is 0.0322. The van der Waals surface area contributed by atoms with Gasteiger partial charge < -0.3 is 14.8 Å². The number of ether oxygens (including phenoxy) is 2. The molecule has 0 saturated carbocycles. The number of aryl methyl sites for hydroxylation is 1. The highest BCUT2D eigenvalue weighted by Gasteiger charge is 2.15. The van der Waals surface area contributed by atoms with Gasteiger partial charge in [0.2, 0.25) is 0 Å². The third-order valence-electron chi connectivity index (χ3n) is 5.40. The largest absolute Gasteiger partial charge is 0.492 e. The summed E-state index contributed by atoms with van der Waals surface area (Å²) in [6.07, 6.45) is 1.64. The number of hydrogen-bond donors (Lipinski definition) is 1. The number of carbonyl (C=O) groups is 1. The Bertz CT molecular complexity index is 1200. The first-order valence-corrected chi connectivity index (χ1v) is 11.5. The molecule has 174 valence electrons. The van der Waals surface area contributed by atoms with Crippen LogP contribution in [0.1, 0.15) is 27.0 Å². The van der Waals surface area contributed by atoms with Crippen LogP contribution < -0.4 is 10.1 Å². The fourth-order valence-corrected chi connectivity index (χ4v) is 3.70. The van der Waals surface area contributed by atoms with Crippen LogP contribution in [0, 0.1) is 18.8 Å². The Balaban J connectivity index is 1.38. The number of benzene rings is 2. The normalized spacial score (nSPS) is 13.6. The number of anilines is 1. The number of halogens is 1. The molecule has 3 aromatic rings. The van der Waals surface area contributed by atoms with Gasteiger partial charge in [0.1, 0.15) is 18.2 Å². The third-order valence-corrected chi connectivity index (χ3v) is 5.73. The zero-order valence-corrected chi connectivity index (χ0v) is 19.8. The first kappa shape index (κ1) is 23.8. The van der Waals surface area contributed by atoms with Crippen molar-refractivity contribution in [3.05, 3.63) is 88.1 Å². The van der Waals surface area contributed by atoms with Gasteiger partial charge in [0.15, 0.2) is 0 Å². The van der Waals surface area contributed by atoms with E-state index in [0.717, 1.165) is 49.5 Å². The van der Waals surface area contributed by atoms with E-state index < -0.39 is 0 Å². The second-order valence-electron chi connectivity index (χ2n) is 7.90. The van der Waals surface area contributed by atoms with Gasteiger partial charge >= 0.3 is 0 Å². The fourth-order valence-electron chi connectivity index (χ4n) is 3.50. The summed E-state index contributed by atoms with van der Waals surface area (Å²) in [5.41, 5.74) is 2.84. The van der Waals surface area contributed by atoms with E-state index in [4.69, 9.17) is 21.1 Å². The number of pyridine rings is 1. The van der Waals surface area contributed by atoms with Gasteiger partial charge in [-0.3, -0.25) is 9.69 Å². The molecule has 1 N–H and O–H groups in total. The van der Waals surface area contributed by atoms with Crippen LogP contribution in [0.15, 0.2) is 60.8 Å². The molecule has 34 heavy (non-hydrogen) atoms. The number of nitrogens with zero attached hydrogens (tertiary/aromatic N) is 2. The maximum Gasteiger partial charge on any atom is 0.258 e. The molecule has 0 bridgehead atoms. The van der Waals surface area contributed by atoms with Crippen molar-refractivity contribution >= 4 is 23.3 Å². The first-order chi connectivity index (χ1) is 16.6. The minimum Gasteiger partial charge on any atom is -0.492 e. The number of rotatable bonds is 6. The Kier molecular flexibility index (Phi) is 8.16. The van der Waals surface area contributed by atoms with Crippen LogP contribution in [0.2, 0.25) is 5.02 Å². The molecule has 2 heterocycles. The van der Waals surface area contributed by atoms with E-state index in [0.29, 0.717) is 28.8 Å². The standard InChI is InChI=1S/C27H26ClN3O3/c1-20-17-22(8-7-21-5-3-2-4-6-21)19-29-26(20)30-27(32)24-18-23(9-10-25(24)28)34-16-13-31-11-14-33-15-12-31/h2-6,9-10,17-19H,11-16H2,1H3,(H,29,30,32). The van der Waals surface area contributed by atoms with E-state index in [9.17, 15) is 4.79 Å².